The number of nitrogens with two attached hydrogens (primary N) is 1. The van der Waals surface area contributed by atoms with E-state index in [4.69, 9.17) is 17.4 Å². The third-order valence-electron chi connectivity index (χ3n) is 2.06. The molecule has 1 aromatic heterocycles. The van der Waals surface area contributed by atoms with Crippen LogP contribution in [-0.4, -0.2) is 9.24 Å². The molecule has 2 N–H and O–H groups in total. The van der Waals surface area contributed by atoms with Crippen LogP contribution in [0.1, 0.15) is 0 Å². The summed E-state index contributed by atoms with van der Waals surface area (Å²) in [4.78, 5) is 11.4. The van der Waals surface area contributed by atoms with E-state index >= 15 is 0 Å². The van der Waals surface area contributed by atoms with Crippen molar-refractivity contribution in [3.8, 4) is 0 Å². The predicted octanol–water partition coefficient (Wildman–Crippen LogP) is 0.707. The highest BCUT2D eigenvalue weighted by Crippen LogP contribution is 2.20. The molecule has 0 unspecified atom stereocenters. The molecule has 2 rings (SSSR count). The molecule has 13 heavy (non-hydrogen) atoms. The van der Waals surface area contributed by atoms with Crippen LogP contribution >= 0.6 is 11.6 Å². The maximum Gasteiger partial charge on any atom is 0.347 e. The second kappa shape index (κ2) is 2.53. The molecule has 4 nitrogen and oxygen atoms in total. The monoisotopic (exact) mass is 197 g/mol. The molecular formula is C8H8ClN3O. The molecule has 0 aliphatic carbocycles. The molecule has 0 spiro atoms. The quantitative estimate of drug-likeness (QED) is 0.633. The summed E-state index contributed by atoms with van der Waals surface area (Å²) < 4.78 is 2.51. The van der Waals surface area contributed by atoms with E-state index in [0.29, 0.717) is 10.5 Å². The van der Waals surface area contributed by atoms with Crippen LogP contribution in [-0.2, 0) is 7.05 Å². The smallest absolute Gasteiger partial charge is 0.335 e. The van der Waals surface area contributed by atoms with E-state index in [0.717, 1.165) is 10.2 Å². The molecule has 5 heteroatoms. The van der Waals surface area contributed by atoms with Crippen molar-refractivity contribution in [3.63, 3.8) is 0 Å². The molecule has 0 atom stereocenters. The summed E-state index contributed by atoms with van der Waals surface area (Å²) in [6.45, 7) is 0. The summed E-state index contributed by atoms with van der Waals surface area (Å²) in [5.74, 6) is 5.54. The van der Waals surface area contributed by atoms with Gasteiger partial charge in [0.1, 0.15) is 5.52 Å². The topological polar surface area (TPSA) is 53.0 Å². The lowest BCUT2D eigenvalue weighted by molar-refractivity contribution is 0.827. The Morgan fingerprint density at radius 3 is 2.77 bits per heavy atom. The first-order valence-electron chi connectivity index (χ1n) is 3.74. The summed E-state index contributed by atoms with van der Waals surface area (Å²) in [5, 5.41) is 0.484. The Bertz CT molecular complexity index is 526. The molecule has 68 valence electrons. The average Bonchev–Trinajstić information content (AvgIpc) is 2.33. The van der Waals surface area contributed by atoms with Gasteiger partial charge in [0.25, 0.3) is 0 Å². The number of nitrogen functional groups attached to an aromatic ring is 1. The zero-order valence-corrected chi connectivity index (χ0v) is 7.75. The van der Waals surface area contributed by atoms with Gasteiger partial charge in [-0.25, -0.2) is 9.47 Å². The fraction of sp³-hybridized carbons (Fsp3) is 0.125. The number of hydrogen-bond acceptors (Lipinski definition) is 2. The number of para-hydroxylation sites is 1. The van der Waals surface area contributed by atoms with E-state index in [1.165, 1.54) is 4.57 Å². The molecule has 0 bridgehead atoms. The van der Waals surface area contributed by atoms with Gasteiger partial charge < -0.3 is 5.84 Å². The van der Waals surface area contributed by atoms with Crippen LogP contribution in [0.4, 0.5) is 0 Å². The Kier molecular flexibility index (Phi) is 1.60. The first-order valence-corrected chi connectivity index (χ1v) is 4.11. The summed E-state index contributed by atoms with van der Waals surface area (Å²) in [6, 6.07) is 5.28. The third-order valence-corrected chi connectivity index (χ3v) is 2.37. The minimum absolute atomic E-state index is 0.275. The maximum absolute atomic E-state index is 11.4. The van der Waals surface area contributed by atoms with Crippen molar-refractivity contribution in [1.29, 1.82) is 0 Å². The highest BCUT2D eigenvalue weighted by atomic mass is 35.5. The van der Waals surface area contributed by atoms with Gasteiger partial charge in [-0.3, -0.25) is 4.57 Å². The standard InChI is InChI=1S/C8H8ClN3O/c1-11-6-4-2-3-5(9)7(6)12(10)8(11)13/h2-4H,10H2,1H3. The molecule has 2 aromatic rings. The van der Waals surface area contributed by atoms with E-state index in [9.17, 15) is 4.79 Å². The Morgan fingerprint density at radius 2 is 2.15 bits per heavy atom. The van der Waals surface area contributed by atoms with Gasteiger partial charge in [-0.1, -0.05) is 17.7 Å². The molecule has 0 radical (unpaired) electrons. The van der Waals surface area contributed by atoms with E-state index in [1.54, 1.807) is 25.2 Å². The number of rotatable bonds is 0. The van der Waals surface area contributed by atoms with Crippen LogP contribution in [0.25, 0.3) is 11.0 Å². The Balaban J connectivity index is 3.12. The lowest BCUT2D eigenvalue weighted by atomic mass is 10.3. The van der Waals surface area contributed by atoms with Crippen molar-refractivity contribution >= 4 is 22.6 Å². The number of halogens is 1. The number of hydrogen-bond donors (Lipinski definition) is 1. The van der Waals surface area contributed by atoms with Crippen LogP contribution < -0.4 is 11.5 Å². The molecule has 0 fully saturated rings. The average molecular weight is 198 g/mol. The normalized spacial score (nSPS) is 10.9. The number of aryl methyl sites for hydroxylation is 1. The molecule has 0 aliphatic rings. The fourth-order valence-electron chi connectivity index (χ4n) is 1.37. The van der Waals surface area contributed by atoms with Gasteiger partial charge in [0.2, 0.25) is 0 Å². The van der Waals surface area contributed by atoms with E-state index < -0.39 is 0 Å². The molecule has 0 amide bonds. The Labute approximate surface area is 79.1 Å². The second-order valence-electron chi connectivity index (χ2n) is 2.82. The minimum atomic E-state index is -0.275. The second-order valence-corrected chi connectivity index (χ2v) is 3.23. The number of nitrogens with zero attached hydrogens (tertiary/aromatic N) is 2. The third kappa shape index (κ3) is 0.954. The van der Waals surface area contributed by atoms with Gasteiger partial charge in [-0.15, -0.1) is 0 Å². The van der Waals surface area contributed by atoms with Crippen molar-refractivity contribution in [1.82, 2.24) is 9.24 Å². The molecule has 0 saturated heterocycles. The highest BCUT2D eigenvalue weighted by Gasteiger charge is 2.10. The van der Waals surface area contributed by atoms with Crippen LogP contribution in [0.5, 0.6) is 0 Å². The van der Waals surface area contributed by atoms with Crippen molar-refractivity contribution < 1.29 is 0 Å². The molecule has 0 aliphatic heterocycles. The van der Waals surface area contributed by atoms with Gasteiger partial charge in [-0.05, 0) is 12.1 Å². The Morgan fingerprint density at radius 1 is 1.46 bits per heavy atom. The zero-order valence-electron chi connectivity index (χ0n) is 6.99. The van der Waals surface area contributed by atoms with Crippen molar-refractivity contribution in [2.45, 2.75) is 0 Å². The predicted molar refractivity (Wildman–Crippen MR) is 52.3 cm³/mol. The SMILES string of the molecule is Cn1c(=O)n(N)c2c(Cl)cccc21. The van der Waals surface area contributed by atoms with Crippen LogP contribution in [0.15, 0.2) is 23.0 Å². The Hall–Kier alpha value is -1.42. The van der Waals surface area contributed by atoms with Gasteiger partial charge in [0.15, 0.2) is 0 Å². The van der Waals surface area contributed by atoms with Crippen LogP contribution in [0.2, 0.25) is 5.02 Å². The lowest BCUT2D eigenvalue weighted by Crippen LogP contribution is -2.27. The number of fused-ring (bicyclic) bond motifs is 1. The van der Waals surface area contributed by atoms with Crippen molar-refractivity contribution in [2.24, 2.45) is 7.05 Å². The number of aromatic nitrogens is 2. The summed E-state index contributed by atoms with van der Waals surface area (Å²) >= 11 is 5.89. The highest BCUT2D eigenvalue weighted by molar-refractivity contribution is 6.35. The lowest BCUT2D eigenvalue weighted by Gasteiger charge is -1.95. The first-order chi connectivity index (χ1) is 6.13. The summed E-state index contributed by atoms with van der Waals surface area (Å²) in [7, 11) is 1.66. The number of benzene rings is 1. The maximum atomic E-state index is 11.4. The molecule has 1 heterocycles. The molecular weight excluding hydrogens is 190 g/mol. The van der Waals surface area contributed by atoms with Crippen LogP contribution in [0.3, 0.4) is 0 Å². The fourth-order valence-corrected chi connectivity index (χ4v) is 1.63. The summed E-state index contributed by atoms with van der Waals surface area (Å²) in [6.07, 6.45) is 0. The van der Waals surface area contributed by atoms with Gasteiger partial charge in [-0.2, -0.15) is 0 Å². The molecule has 0 saturated carbocycles. The van der Waals surface area contributed by atoms with Crippen molar-refractivity contribution in [3.05, 3.63) is 33.7 Å². The number of imidazole rings is 1. The van der Waals surface area contributed by atoms with Crippen molar-refractivity contribution in [2.75, 3.05) is 5.84 Å². The van der Waals surface area contributed by atoms with Gasteiger partial charge in [0.05, 0.1) is 10.5 Å². The van der Waals surface area contributed by atoms with Gasteiger partial charge >= 0.3 is 5.69 Å². The van der Waals surface area contributed by atoms with E-state index in [-0.39, 0.29) is 5.69 Å². The van der Waals surface area contributed by atoms with Gasteiger partial charge in [0, 0.05) is 7.05 Å². The first kappa shape index (κ1) is 8.19. The largest absolute Gasteiger partial charge is 0.347 e. The molecule has 1 aromatic carbocycles. The van der Waals surface area contributed by atoms with Crippen LogP contribution in [0, 0.1) is 0 Å². The van der Waals surface area contributed by atoms with E-state index in [2.05, 4.69) is 0 Å². The van der Waals surface area contributed by atoms with E-state index in [1.807, 2.05) is 0 Å². The summed E-state index contributed by atoms with van der Waals surface area (Å²) in [5.41, 5.74) is 1.03. The minimum Gasteiger partial charge on any atom is -0.335 e. The zero-order chi connectivity index (χ0) is 9.59.